The third kappa shape index (κ3) is 4.41. The van der Waals surface area contributed by atoms with Gasteiger partial charge in [-0.2, -0.15) is 5.26 Å². The van der Waals surface area contributed by atoms with Gasteiger partial charge in [-0.3, -0.25) is 14.4 Å². The Labute approximate surface area is 179 Å². The quantitative estimate of drug-likeness (QED) is 0.535. The number of anilines is 1. The average molecular weight is 453 g/mol. The molecule has 3 rings (SSSR count). The van der Waals surface area contributed by atoms with Crippen molar-refractivity contribution in [3.63, 3.8) is 0 Å². The normalized spacial score (nSPS) is 16.0. The van der Waals surface area contributed by atoms with Crippen molar-refractivity contribution in [1.82, 2.24) is 9.88 Å². The Morgan fingerprint density at radius 1 is 1.26 bits per heavy atom. The minimum atomic E-state index is -2.90. The highest BCUT2D eigenvalue weighted by Crippen LogP contribution is 2.45. The van der Waals surface area contributed by atoms with Gasteiger partial charge < -0.3 is 15.2 Å². The van der Waals surface area contributed by atoms with Gasteiger partial charge in [0.1, 0.15) is 17.6 Å². The van der Waals surface area contributed by atoms with Crippen LogP contribution in [-0.4, -0.2) is 33.6 Å². The van der Waals surface area contributed by atoms with Gasteiger partial charge in [-0.1, -0.05) is 11.6 Å². The minimum absolute atomic E-state index is 0.115. The van der Waals surface area contributed by atoms with Crippen LogP contribution in [0.1, 0.15) is 46.2 Å². The molecule has 0 radical (unpaired) electrons. The molecule has 7 nitrogen and oxygen atoms in total. The first-order valence-electron chi connectivity index (χ1n) is 8.96. The number of amides is 2. The van der Waals surface area contributed by atoms with E-state index in [-0.39, 0.29) is 27.5 Å². The summed E-state index contributed by atoms with van der Waals surface area (Å²) in [6.07, 6.45) is -0.00263. The van der Waals surface area contributed by atoms with Crippen molar-refractivity contribution in [1.29, 1.82) is 5.26 Å². The number of alkyl halides is 2. The molecule has 2 N–H and O–H groups in total. The third-order valence-electron chi connectivity index (χ3n) is 4.84. The topological polar surface area (TPSA) is 104 Å². The number of nitriles is 1. The largest absolute Gasteiger partial charge is 0.345 e. The van der Waals surface area contributed by atoms with Gasteiger partial charge in [0.25, 0.3) is 23.5 Å². The zero-order valence-corrected chi connectivity index (χ0v) is 17.1. The monoisotopic (exact) mass is 452 g/mol. The van der Waals surface area contributed by atoms with Crippen LogP contribution in [0.3, 0.4) is 0 Å². The number of hydrogen-bond acceptors (Lipinski definition) is 4. The molecule has 162 valence electrons. The number of nitrogens with zero attached hydrogens (tertiary/aromatic N) is 2. The van der Waals surface area contributed by atoms with Crippen LogP contribution in [-0.2, 0) is 11.8 Å². The molecule has 0 aliphatic heterocycles. The van der Waals surface area contributed by atoms with Gasteiger partial charge in [0.15, 0.2) is 0 Å². The Bertz CT molecular complexity index is 1150. The number of aryl methyl sites for hydroxylation is 1. The fourth-order valence-corrected chi connectivity index (χ4v) is 3.88. The molecular formula is C20H16ClF3N4O3. The van der Waals surface area contributed by atoms with Crippen LogP contribution in [0.2, 0.25) is 5.02 Å². The van der Waals surface area contributed by atoms with Crippen molar-refractivity contribution in [3.8, 4) is 6.07 Å². The lowest BCUT2D eigenvalue weighted by molar-refractivity contribution is -0.140. The first-order chi connectivity index (χ1) is 14.4. The van der Waals surface area contributed by atoms with Gasteiger partial charge in [-0.05, 0) is 25.1 Å². The molecule has 0 spiro atoms. The SMILES string of the molecule is Cn1cc(C(=O)C(=O)NC2(C)CC(F)(F)C2)c(Cl)c1C(=O)Nc1ccc(F)c(C#N)c1. The van der Waals surface area contributed by atoms with E-state index in [1.165, 1.54) is 30.8 Å². The number of ketones is 1. The summed E-state index contributed by atoms with van der Waals surface area (Å²) < 4.78 is 40.9. The second-order valence-electron chi connectivity index (χ2n) is 7.63. The fraction of sp³-hybridized carbons (Fsp3) is 0.300. The van der Waals surface area contributed by atoms with Crippen LogP contribution in [0.4, 0.5) is 18.9 Å². The predicted octanol–water partition coefficient (Wildman–Crippen LogP) is 3.43. The van der Waals surface area contributed by atoms with E-state index in [0.29, 0.717) is 0 Å². The molecule has 1 heterocycles. The second kappa shape index (κ2) is 7.74. The molecule has 1 aliphatic rings. The molecule has 1 aromatic heterocycles. The van der Waals surface area contributed by atoms with Gasteiger partial charge >= 0.3 is 0 Å². The number of halogens is 4. The zero-order chi connectivity index (χ0) is 23.1. The molecule has 1 fully saturated rings. The molecular weight excluding hydrogens is 437 g/mol. The first-order valence-corrected chi connectivity index (χ1v) is 9.34. The minimum Gasteiger partial charge on any atom is -0.345 e. The smallest absolute Gasteiger partial charge is 0.292 e. The van der Waals surface area contributed by atoms with Crippen LogP contribution in [0.25, 0.3) is 0 Å². The van der Waals surface area contributed by atoms with Crippen LogP contribution >= 0.6 is 11.6 Å². The number of Topliss-reactive ketones (excluding diaryl/α,β-unsaturated/α-hetero) is 1. The number of nitrogens with one attached hydrogen (secondary N) is 2. The lowest BCUT2D eigenvalue weighted by Crippen LogP contribution is -2.61. The van der Waals surface area contributed by atoms with Crippen LogP contribution in [0.15, 0.2) is 24.4 Å². The Morgan fingerprint density at radius 2 is 1.90 bits per heavy atom. The summed E-state index contributed by atoms with van der Waals surface area (Å²) in [5, 5.41) is 13.3. The average Bonchev–Trinajstić information content (AvgIpc) is 2.94. The highest BCUT2D eigenvalue weighted by Gasteiger charge is 2.54. The molecule has 11 heteroatoms. The van der Waals surface area contributed by atoms with Gasteiger partial charge in [0, 0.05) is 37.3 Å². The van der Waals surface area contributed by atoms with Crippen LogP contribution in [0, 0.1) is 17.1 Å². The molecule has 0 atom stereocenters. The molecule has 0 bridgehead atoms. The van der Waals surface area contributed by atoms with E-state index in [2.05, 4.69) is 10.6 Å². The Balaban J connectivity index is 1.78. The molecule has 2 amide bonds. The molecule has 31 heavy (non-hydrogen) atoms. The van der Waals surface area contributed by atoms with Crippen molar-refractivity contribution in [2.75, 3.05) is 5.32 Å². The highest BCUT2D eigenvalue weighted by atomic mass is 35.5. The lowest BCUT2D eigenvalue weighted by atomic mass is 9.75. The summed E-state index contributed by atoms with van der Waals surface area (Å²) in [7, 11) is 1.41. The molecule has 1 aromatic carbocycles. The van der Waals surface area contributed by atoms with Gasteiger partial charge in [0.05, 0.1) is 16.1 Å². The maximum absolute atomic E-state index is 13.4. The highest BCUT2D eigenvalue weighted by molar-refractivity contribution is 6.48. The third-order valence-corrected chi connectivity index (χ3v) is 5.23. The lowest BCUT2D eigenvalue weighted by Gasteiger charge is -2.44. The summed E-state index contributed by atoms with van der Waals surface area (Å²) in [5.74, 6) is -6.62. The summed E-state index contributed by atoms with van der Waals surface area (Å²) in [5.41, 5.74) is -1.82. The Hall–Kier alpha value is -3.32. The van der Waals surface area contributed by atoms with Crippen molar-refractivity contribution in [3.05, 3.63) is 52.1 Å². The number of benzene rings is 1. The second-order valence-corrected chi connectivity index (χ2v) is 8.01. The summed E-state index contributed by atoms with van der Waals surface area (Å²) in [6, 6.07) is 5.01. The summed E-state index contributed by atoms with van der Waals surface area (Å²) >= 11 is 6.16. The summed E-state index contributed by atoms with van der Waals surface area (Å²) in [6.45, 7) is 1.40. The van der Waals surface area contributed by atoms with E-state index in [1.807, 2.05) is 0 Å². The van der Waals surface area contributed by atoms with Crippen LogP contribution in [0.5, 0.6) is 0 Å². The van der Waals surface area contributed by atoms with E-state index < -0.39 is 47.7 Å². The Morgan fingerprint density at radius 3 is 2.48 bits per heavy atom. The Kier molecular flexibility index (Phi) is 5.58. The van der Waals surface area contributed by atoms with E-state index >= 15 is 0 Å². The van der Waals surface area contributed by atoms with Crippen molar-refractivity contribution in [2.45, 2.75) is 31.2 Å². The standard InChI is InChI=1S/C20H16ClF3N4O3/c1-19(8-20(23,24)9-19)27-18(31)16(29)12-7-28(2)15(14(12)21)17(30)26-11-3-4-13(22)10(5-11)6-25/h3-5,7H,8-9H2,1-2H3,(H,26,30)(H,27,31). The zero-order valence-electron chi connectivity index (χ0n) is 16.4. The first kappa shape index (κ1) is 22.4. The maximum atomic E-state index is 13.4. The maximum Gasteiger partial charge on any atom is 0.292 e. The fourth-order valence-electron chi connectivity index (χ4n) is 3.53. The van der Waals surface area contributed by atoms with Crippen molar-refractivity contribution < 1.29 is 27.6 Å². The van der Waals surface area contributed by atoms with Gasteiger partial charge in [-0.25, -0.2) is 13.2 Å². The molecule has 1 aliphatic carbocycles. The summed E-state index contributed by atoms with van der Waals surface area (Å²) in [4.78, 5) is 37.4. The predicted molar refractivity (Wildman–Crippen MR) is 105 cm³/mol. The van der Waals surface area contributed by atoms with E-state index in [1.54, 1.807) is 6.07 Å². The number of carbonyl (C=O) groups is 3. The molecule has 0 unspecified atom stereocenters. The number of aromatic nitrogens is 1. The van der Waals surface area contributed by atoms with E-state index in [0.717, 1.165) is 12.1 Å². The molecule has 2 aromatic rings. The van der Waals surface area contributed by atoms with E-state index in [9.17, 15) is 27.6 Å². The number of carbonyl (C=O) groups excluding carboxylic acids is 3. The van der Waals surface area contributed by atoms with E-state index in [4.69, 9.17) is 16.9 Å². The number of rotatable bonds is 5. The van der Waals surface area contributed by atoms with Crippen molar-refractivity contribution >= 4 is 34.9 Å². The number of hydrogen-bond donors (Lipinski definition) is 2. The molecule has 1 saturated carbocycles. The van der Waals surface area contributed by atoms with Gasteiger partial charge in [-0.15, -0.1) is 0 Å². The van der Waals surface area contributed by atoms with Crippen LogP contribution < -0.4 is 10.6 Å². The van der Waals surface area contributed by atoms with Gasteiger partial charge in [0.2, 0.25) is 0 Å². The van der Waals surface area contributed by atoms with Crippen molar-refractivity contribution in [2.24, 2.45) is 7.05 Å². The molecule has 0 saturated heterocycles.